The van der Waals surface area contributed by atoms with Crippen molar-refractivity contribution in [3.63, 3.8) is 0 Å². The lowest BCUT2D eigenvalue weighted by atomic mass is 9.88. The third-order valence-electron chi connectivity index (χ3n) is 8.54. The third kappa shape index (κ3) is 4.88. The van der Waals surface area contributed by atoms with Gasteiger partial charge in [0.15, 0.2) is 0 Å². The normalized spacial score (nSPS) is 11.2. The number of benzene rings is 7. The van der Waals surface area contributed by atoms with E-state index in [2.05, 4.69) is 146 Å². The van der Waals surface area contributed by atoms with Gasteiger partial charge in [-0.05, 0) is 77.0 Å². The fourth-order valence-corrected chi connectivity index (χ4v) is 6.35. The molecule has 0 bridgehead atoms. The summed E-state index contributed by atoms with van der Waals surface area (Å²) in [6.45, 7) is 4.17. The van der Waals surface area contributed by atoms with Crippen LogP contribution >= 0.6 is 0 Å². The summed E-state index contributed by atoms with van der Waals surface area (Å²) in [5.41, 5.74) is 8.53. The summed E-state index contributed by atoms with van der Waals surface area (Å²) in [6.07, 6.45) is 4.22. The maximum Gasteiger partial charge on any atom is 0.101 e. The summed E-state index contributed by atoms with van der Waals surface area (Å²) in [6, 6.07) is 48.7. The second kappa shape index (κ2) is 11.5. The Kier molecular flexibility index (Phi) is 7.07. The standard InChI is InChI=1S/C42H29N3/c1-28-16-22-33(23-17-28)45(40-15-7-10-31-9-3-4-12-35(31)40)34-24-19-30(20-25-34)18-21-32-11-6-14-37-39(27-44)38(26-43)36-13-5-8-29(2)41(36)42(32)37/h3-25H,1-2H3/b21-18-. The Bertz CT molecular complexity index is 2340. The fraction of sp³-hybridized carbons (Fsp3) is 0.0476. The molecule has 7 rings (SSSR count). The molecule has 0 unspecified atom stereocenters. The van der Waals surface area contributed by atoms with Crippen molar-refractivity contribution in [3.05, 3.63) is 161 Å². The number of aryl methyl sites for hydroxylation is 2. The highest BCUT2D eigenvalue weighted by Gasteiger charge is 2.18. The fourth-order valence-electron chi connectivity index (χ4n) is 6.35. The average molecular weight is 576 g/mol. The zero-order valence-corrected chi connectivity index (χ0v) is 25.1. The van der Waals surface area contributed by atoms with E-state index in [1.807, 2.05) is 24.3 Å². The van der Waals surface area contributed by atoms with E-state index >= 15 is 0 Å². The quantitative estimate of drug-likeness (QED) is 0.151. The molecule has 0 spiro atoms. The van der Waals surface area contributed by atoms with E-state index in [-0.39, 0.29) is 0 Å². The number of nitriles is 2. The van der Waals surface area contributed by atoms with Gasteiger partial charge >= 0.3 is 0 Å². The smallest absolute Gasteiger partial charge is 0.101 e. The lowest BCUT2D eigenvalue weighted by molar-refractivity contribution is 1.29. The number of hydrogen-bond acceptors (Lipinski definition) is 3. The Morgan fingerprint density at radius 1 is 0.533 bits per heavy atom. The molecule has 0 aliphatic rings. The lowest BCUT2D eigenvalue weighted by Gasteiger charge is -2.27. The minimum atomic E-state index is 0.426. The van der Waals surface area contributed by atoms with Crippen molar-refractivity contribution in [2.24, 2.45) is 0 Å². The van der Waals surface area contributed by atoms with Gasteiger partial charge in [-0.25, -0.2) is 0 Å². The summed E-state index contributed by atoms with van der Waals surface area (Å²) in [5.74, 6) is 0. The van der Waals surface area contributed by atoms with Crippen LogP contribution in [0, 0.1) is 36.5 Å². The van der Waals surface area contributed by atoms with E-state index in [1.54, 1.807) is 0 Å². The van der Waals surface area contributed by atoms with Gasteiger partial charge < -0.3 is 4.90 Å². The van der Waals surface area contributed by atoms with Crippen LogP contribution < -0.4 is 4.90 Å². The van der Waals surface area contributed by atoms with Crippen LogP contribution in [-0.4, -0.2) is 0 Å². The van der Waals surface area contributed by atoms with E-state index in [0.717, 1.165) is 55.3 Å². The van der Waals surface area contributed by atoms with Crippen molar-refractivity contribution >= 4 is 61.5 Å². The predicted octanol–water partition coefficient (Wildman–Crippen LogP) is 11.1. The molecule has 0 saturated carbocycles. The van der Waals surface area contributed by atoms with Gasteiger partial charge in [0.2, 0.25) is 0 Å². The Morgan fingerprint density at radius 3 is 1.82 bits per heavy atom. The molecule has 3 nitrogen and oxygen atoms in total. The number of fused-ring (bicyclic) bond motifs is 4. The molecule has 3 heteroatoms. The van der Waals surface area contributed by atoms with Crippen LogP contribution in [0.25, 0.3) is 44.5 Å². The Labute approximate surface area is 263 Å². The van der Waals surface area contributed by atoms with Crippen molar-refractivity contribution in [2.75, 3.05) is 4.90 Å². The second-order valence-electron chi connectivity index (χ2n) is 11.3. The summed E-state index contributed by atoms with van der Waals surface area (Å²) >= 11 is 0. The van der Waals surface area contributed by atoms with Crippen molar-refractivity contribution in [3.8, 4) is 12.1 Å². The maximum absolute atomic E-state index is 10.1. The van der Waals surface area contributed by atoms with Gasteiger partial charge in [-0.2, -0.15) is 10.5 Å². The summed E-state index contributed by atoms with van der Waals surface area (Å²) in [4.78, 5) is 2.31. The highest BCUT2D eigenvalue weighted by Crippen LogP contribution is 2.40. The molecule has 7 aromatic rings. The molecular formula is C42H29N3. The monoisotopic (exact) mass is 575 g/mol. The van der Waals surface area contributed by atoms with E-state index in [0.29, 0.717) is 11.1 Å². The molecule has 0 saturated heterocycles. The number of rotatable bonds is 5. The van der Waals surface area contributed by atoms with Crippen LogP contribution in [0.3, 0.4) is 0 Å². The Morgan fingerprint density at radius 2 is 1.11 bits per heavy atom. The van der Waals surface area contributed by atoms with Gasteiger partial charge in [0.05, 0.1) is 16.8 Å². The van der Waals surface area contributed by atoms with Crippen molar-refractivity contribution < 1.29 is 0 Å². The molecule has 0 amide bonds. The van der Waals surface area contributed by atoms with Gasteiger partial charge in [0.1, 0.15) is 12.1 Å². The van der Waals surface area contributed by atoms with E-state index < -0.39 is 0 Å². The molecular weight excluding hydrogens is 546 g/mol. The largest absolute Gasteiger partial charge is 0.310 e. The first-order chi connectivity index (χ1) is 22.1. The second-order valence-corrected chi connectivity index (χ2v) is 11.3. The molecule has 212 valence electrons. The van der Waals surface area contributed by atoms with E-state index in [1.165, 1.54) is 16.3 Å². The van der Waals surface area contributed by atoms with Crippen LogP contribution in [0.4, 0.5) is 17.1 Å². The lowest BCUT2D eigenvalue weighted by Crippen LogP contribution is -2.10. The van der Waals surface area contributed by atoms with Gasteiger partial charge in [-0.1, -0.05) is 115 Å². The number of hydrogen-bond donors (Lipinski definition) is 0. The van der Waals surface area contributed by atoms with Gasteiger partial charge in [0, 0.05) is 27.5 Å². The average Bonchev–Trinajstić information content (AvgIpc) is 3.08. The molecule has 45 heavy (non-hydrogen) atoms. The van der Waals surface area contributed by atoms with Crippen molar-refractivity contribution in [2.45, 2.75) is 13.8 Å². The van der Waals surface area contributed by atoms with E-state index in [9.17, 15) is 10.5 Å². The van der Waals surface area contributed by atoms with Crippen LogP contribution in [0.1, 0.15) is 33.4 Å². The summed E-state index contributed by atoms with van der Waals surface area (Å²) < 4.78 is 0. The highest BCUT2D eigenvalue weighted by molar-refractivity contribution is 6.17. The first kappa shape index (κ1) is 27.7. The molecule has 7 aromatic carbocycles. The van der Waals surface area contributed by atoms with Crippen LogP contribution in [0.5, 0.6) is 0 Å². The number of nitrogens with zero attached hydrogens (tertiary/aromatic N) is 3. The van der Waals surface area contributed by atoms with Crippen molar-refractivity contribution in [1.29, 1.82) is 10.5 Å². The Balaban J connectivity index is 1.32. The summed E-state index contributed by atoms with van der Waals surface area (Å²) in [7, 11) is 0. The molecule has 0 N–H and O–H groups in total. The molecule has 0 heterocycles. The Hall–Kier alpha value is -6.16. The van der Waals surface area contributed by atoms with Gasteiger partial charge in [0.25, 0.3) is 0 Å². The predicted molar refractivity (Wildman–Crippen MR) is 188 cm³/mol. The van der Waals surface area contributed by atoms with Gasteiger partial charge in [-0.15, -0.1) is 0 Å². The first-order valence-corrected chi connectivity index (χ1v) is 15.0. The van der Waals surface area contributed by atoms with Crippen LogP contribution in [0.15, 0.2) is 127 Å². The van der Waals surface area contributed by atoms with Crippen LogP contribution in [-0.2, 0) is 0 Å². The molecule has 0 aliphatic heterocycles. The highest BCUT2D eigenvalue weighted by atomic mass is 15.1. The maximum atomic E-state index is 10.1. The van der Waals surface area contributed by atoms with Gasteiger partial charge in [-0.3, -0.25) is 0 Å². The molecule has 0 atom stereocenters. The molecule has 0 aliphatic carbocycles. The zero-order valence-electron chi connectivity index (χ0n) is 25.1. The number of anilines is 3. The minimum Gasteiger partial charge on any atom is -0.310 e. The third-order valence-corrected chi connectivity index (χ3v) is 8.54. The molecule has 0 fully saturated rings. The minimum absolute atomic E-state index is 0.426. The zero-order chi connectivity index (χ0) is 30.9. The van der Waals surface area contributed by atoms with Crippen LogP contribution in [0.2, 0.25) is 0 Å². The van der Waals surface area contributed by atoms with E-state index in [4.69, 9.17) is 0 Å². The molecule has 0 aromatic heterocycles. The SMILES string of the molecule is Cc1ccc(N(c2ccc(/C=C\c3cccc4c(C#N)c(C#N)c5cccc(C)c5c34)cc2)c2cccc3ccccc23)cc1. The first-order valence-electron chi connectivity index (χ1n) is 15.0. The van der Waals surface area contributed by atoms with Crippen molar-refractivity contribution in [1.82, 2.24) is 0 Å². The topological polar surface area (TPSA) is 50.8 Å². The molecule has 0 radical (unpaired) electrons. The summed E-state index contributed by atoms with van der Waals surface area (Å²) in [5, 5.41) is 26.1.